The van der Waals surface area contributed by atoms with Crippen LogP contribution in [0.15, 0.2) is 17.5 Å². The van der Waals surface area contributed by atoms with Gasteiger partial charge in [-0.05, 0) is 11.4 Å². The molecule has 0 aliphatic carbocycles. The molecule has 0 aromatic carbocycles. The lowest BCUT2D eigenvalue weighted by Crippen LogP contribution is -2.46. The third kappa shape index (κ3) is 3.22. The van der Waals surface area contributed by atoms with Crippen molar-refractivity contribution in [2.75, 3.05) is 13.2 Å². The predicted octanol–water partition coefficient (Wildman–Crippen LogP) is 0.270. The molecular formula is C11H12N2O5S. The van der Waals surface area contributed by atoms with E-state index in [1.54, 1.807) is 0 Å². The van der Waals surface area contributed by atoms with E-state index >= 15 is 0 Å². The maximum Gasteiger partial charge on any atom is 0.410 e. The first-order valence-electron chi connectivity index (χ1n) is 5.53. The summed E-state index contributed by atoms with van der Waals surface area (Å²) < 4.78 is 4.84. The highest BCUT2D eigenvalue weighted by Gasteiger charge is 2.38. The summed E-state index contributed by atoms with van der Waals surface area (Å²) in [6.07, 6.45) is -0.566. The zero-order chi connectivity index (χ0) is 13.8. The lowest BCUT2D eigenvalue weighted by Gasteiger charge is -2.19. The Morgan fingerprint density at radius 3 is 3.00 bits per heavy atom. The van der Waals surface area contributed by atoms with Crippen molar-refractivity contribution in [3.05, 3.63) is 22.4 Å². The smallest absolute Gasteiger partial charge is 0.410 e. The number of ether oxygens (including phenoxy) is 1. The van der Waals surface area contributed by atoms with Crippen molar-refractivity contribution in [2.45, 2.75) is 12.6 Å². The normalized spacial score (nSPS) is 18.2. The minimum absolute atomic E-state index is 0.0599. The lowest BCUT2D eigenvalue weighted by atomic mass is 10.2. The number of carbonyl (C=O) groups excluding carboxylic acids is 2. The first-order chi connectivity index (χ1) is 9.08. The molecule has 1 saturated heterocycles. The van der Waals surface area contributed by atoms with Gasteiger partial charge in [-0.3, -0.25) is 14.5 Å². The van der Waals surface area contributed by atoms with Crippen LogP contribution in [0.3, 0.4) is 0 Å². The van der Waals surface area contributed by atoms with Crippen LogP contribution in [0.2, 0.25) is 0 Å². The summed E-state index contributed by atoms with van der Waals surface area (Å²) in [6, 6.07) is 2.91. The van der Waals surface area contributed by atoms with E-state index in [0.29, 0.717) is 0 Å². The van der Waals surface area contributed by atoms with Gasteiger partial charge in [-0.15, -0.1) is 11.3 Å². The molecule has 1 aliphatic rings. The molecule has 0 unspecified atom stereocenters. The minimum atomic E-state index is -1.14. The van der Waals surface area contributed by atoms with Crippen LogP contribution in [0.4, 0.5) is 4.79 Å². The van der Waals surface area contributed by atoms with Gasteiger partial charge in [0, 0.05) is 4.88 Å². The molecule has 1 atom stereocenters. The van der Waals surface area contributed by atoms with Gasteiger partial charge in [-0.25, -0.2) is 4.79 Å². The summed E-state index contributed by atoms with van der Waals surface area (Å²) in [5, 5.41) is 12.6. The fourth-order valence-electron chi connectivity index (χ4n) is 1.69. The summed E-state index contributed by atoms with van der Waals surface area (Å²) >= 11 is 1.47. The third-order valence-electron chi connectivity index (χ3n) is 2.60. The van der Waals surface area contributed by atoms with Crippen molar-refractivity contribution in [3.63, 3.8) is 0 Å². The Balaban J connectivity index is 2.00. The highest BCUT2D eigenvalue weighted by atomic mass is 32.1. The molecule has 1 aromatic rings. The highest BCUT2D eigenvalue weighted by Crippen LogP contribution is 2.19. The molecule has 1 fully saturated rings. The fraction of sp³-hybridized carbons (Fsp3) is 0.364. The van der Waals surface area contributed by atoms with Gasteiger partial charge in [0.15, 0.2) is 0 Å². The van der Waals surface area contributed by atoms with Gasteiger partial charge in [0.2, 0.25) is 5.91 Å². The molecule has 8 heteroatoms. The van der Waals surface area contributed by atoms with Crippen LogP contribution in [0.25, 0.3) is 0 Å². The van der Waals surface area contributed by atoms with Crippen molar-refractivity contribution in [2.24, 2.45) is 0 Å². The molecule has 2 N–H and O–H groups in total. The van der Waals surface area contributed by atoms with Crippen LogP contribution >= 0.6 is 11.3 Å². The fourth-order valence-corrected chi connectivity index (χ4v) is 2.40. The van der Waals surface area contributed by atoms with E-state index in [2.05, 4.69) is 5.32 Å². The van der Waals surface area contributed by atoms with Gasteiger partial charge < -0.3 is 15.2 Å². The Morgan fingerprint density at radius 1 is 1.58 bits per heavy atom. The second-order valence-electron chi connectivity index (χ2n) is 3.91. The molecule has 1 aromatic heterocycles. The van der Waals surface area contributed by atoms with Crippen molar-refractivity contribution in [3.8, 4) is 0 Å². The van der Waals surface area contributed by atoms with Crippen LogP contribution in [0, 0.1) is 0 Å². The SMILES string of the molecule is O=C(O)CNC(=O)[C@@H]1COC(=O)N1Cc1cccs1. The standard InChI is InChI=1S/C11H12N2O5S/c14-9(15)4-12-10(16)8-6-18-11(17)13(8)5-7-2-1-3-19-7/h1-3,8H,4-6H2,(H,12,16)(H,14,15)/t8-/m0/s1. The molecule has 0 bridgehead atoms. The molecule has 1 aliphatic heterocycles. The molecule has 19 heavy (non-hydrogen) atoms. The number of nitrogens with one attached hydrogen (secondary N) is 1. The number of thiophene rings is 1. The summed E-state index contributed by atoms with van der Waals surface area (Å²) in [4.78, 5) is 36.0. The zero-order valence-corrected chi connectivity index (χ0v) is 10.7. The van der Waals surface area contributed by atoms with Crippen LogP contribution in [0.1, 0.15) is 4.88 Å². The summed E-state index contributed by atoms with van der Waals surface area (Å²) in [5.41, 5.74) is 0. The average Bonchev–Trinajstić information content (AvgIpc) is 2.98. The van der Waals surface area contributed by atoms with Gasteiger partial charge in [-0.1, -0.05) is 6.07 Å². The Bertz CT molecular complexity index is 487. The molecule has 2 heterocycles. The van der Waals surface area contributed by atoms with Crippen molar-refractivity contribution in [1.82, 2.24) is 10.2 Å². The second-order valence-corrected chi connectivity index (χ2v) is 4.94. The van der Waals surface area contributed by atoms with Crippen LogP contribution in [0.5, 0.6) is 0 Å². The van der Waals surface area contributed by atoms with Crippen molar-refractivity contribution >= 4 is 29.3 Å². The molecule has 7 nitrogen and oxygen atoms in total. The van der Waals surface area contributed by atoms with E-state index in [4.69, 9.17) is 9.84 Å². The van der Waals surface area contributed by atoms with Gasteiger partial charge in [-0.2, -0.15) is 0 Å². The number of aliphatic carboxylic acids is 1. The van der Waals surface area contributed by atoms with E-state index in [1.807, 2.05) is 17.5 Å². The number of cyclic esters (lactones) is 1. The van der Waals surface area contributed by atoms with Gasteiger partial charge in [0.1, 0.15) is 19.2 Å². The summed E-state index contributed by atoms with van der Waals surface area (Å²) in [5.74, 6) is -1.66. The summed E-state index contributed by atoms with van der Waals surface area (Å²) in [7, 11) is 0. The molecule has 0 saturated carbocycles. The number of nitrogens with zero attached hydrogens (tertiary/aromatic N) is 1. The number of rotatable bonds is 5. The second kappa shape index (κ2) is 5.70. The van der Waals surface area contributed by atoms with Gasteiger partial charge >= 0.3 is 12.1 Å². The summed E-state index contributed by atoms with van der Waals surface area (Å²) in [6.45, 7) is -0.256. The Hall–Kier alpha value is -2.09. The minimum Gasteiger partial charge on any atom is -0.480 e. The van der Waals surface area contributed by atoms with E-state index in [0.717, 1.165) is 4.88 Å². The first kappa shape index (κ1) is 13.3. The Labute approximate surface area is 112 Å². The van der Waals surface area contributed by atoms with Gasteiger partial charge in [0.05, 0.1) is 6.54 Å². The maximum atomic E-state index is 11.8. The quantitative estimate of drug-likeness (QED) is 0.809. The van der Waals surface area contributed by atoms with Crippen molar-refractivity contribution < 1.29 is 24.2 Å². The molecule has 0 spiro atoms. The molecule has 0 radical (unpaired) electrons. The lowest BCUT2D eigenvalue weighted by molar-refractivity contribution is -0.138. The molecule has 2 amide bonds. The largest absolute Gasteiger partial charge is 0.480 e. The topological polar surface area (TPSA) is 95.9 Å². The monoisotopic (exact) mass is 284 g/mol. The van der Waals surface area contributed by atoms with Crippen LogP contribution in [-0.2, 0) is 20.9 Å². The Kier molecular flexibility index (Phi) is 4.00. The van der Waals surface area contributed by atoms with E-state index in [1.165, 1.54) is 16.2 Å². The first-order valence-corrected chi connectivity index (χ1v) is 6.41. The van der Waals surface area contributed by atoms with Gasteiger partial charge in [0.25, 0.3) is 0 Å². The average molecular weight is 284 g/mol. The van der Waals surface area contributed by atoms with E-state index in [-0.39, 0.29) is 13.2 Å². The number of carbonyl (C=O) groups is 3. The number of carboxylic acids is 1. The number of amides is 2. The number of carboxylic acid groups (broad SMARTS) is 1. The Morgan fingerprint density at radius 2 is 2.37 bits per heavy atom. The van der Waals surface area contributed by atoms with Crippen molar-refractivity contribution in [1.29, 1.82) is 0 Å². The molecule has 2 rings (SSSR count). The van der Waals surface area contributed by atoms with E-state index in [9.17, 15) is 14.4 Å². The third-order valence-corrected chi connectivity index (χ3v) is 3.46. The number of hydrogen-bond acceptors (Lipinski definition) is 5. The zero-order valence-electron chi connectivity index (χ0n) is 9.87. The van der Waals surface area contributed by atoms with E-state index < -0.39 is 30.6 Å². The molecule has 102 valence electrons. The maximum absolute atomic E-state index is 11.8. The number of hydrogen-bond donors (Lipinski definition) is 2. The highest BCUT2D eigenvalue weighted by molar-refractivity contribution is 7.09. The predicted molar refractivity (Wildman–Crippen MR) is 65.6 cm³/mol. The van der Waals surface area contributed by atoms with Crippen LogP contribution in [-0.4, -0.2) is 47.2 Å². The van der Waals surface area contributed by atoms with Crippen LogP contribution < -0.4 is 5.32 Å². The molecular weight excluding hydrogens is 272 g/mol.